The normalized spacial score (nSPS) is 43.4. The van der Waals surface area contributed by atoms with Gasteiger partial charge in [0.15, 0.2) is 18.9 Å². The Hall–Kier alpha value is -1.17. The summed E-state index contributed by atoms with van der Waals surface area (Å²) in [4.78, 5) is 14.2. The van der Waals surface area contributed by atoms with Crippen molar-refractivity contribution in [1.29, 1.82) is 0 Å². The molecule has 3 heterocycles. The third kappa shape index (κ3) is 8.64. The SMILES string of the molecule is CCC(C)(O[C@@H]1OC(CC(=O)NCN(C)C)[C@@H](O)C(O)C1O)[C@@H]1C(CO)O[C@@H](OC(C)(CC)[C@@H]2C(CO)O[C@@H](O)C(O)C2O)C(O)C1O. The van der Waals surface area contributed by atoms with Crippen LogP contribution >= 0.6 is 0 Å². The highest BCUT2D eigenvalue weighted by Crippen LogP contribution is 2.44. The molecular weight excluding hydrogens is 644 g/mol. The van der Waals surface area contributed by atoms with E-state index in [0.29, 0.717) is 0 Å². The maximum atomic E-state index is 12.5. The molecule has 11 unspecified atom stereocenters. The number of nitrogens with one attached hydrogen (secondary N) is 1. The fourth-order valence-corrected chi connectivity index (χ4v) is 6.81. The number of rotatable bonds is 14. The van der Waals surface area contributed by atoms with Gasteiger partial charge in [-0.05, 0) is 40.8 Å². The number of carbonyl (C=O) groups is 1. The van der Waals surface area contributed by atoms with E-state index in [-0.39, 0.29) is 25.9 Å². The molecule has 0 aliphatic carbocycles. The highest BCUT2D eigenvalue weighted by Gasteiger charge is 2.58. The minimum absolute atomic E-state index is 0.0860. The molecule has 0 aromatic carbocycles. The molecule has 3 saturated heterocycles. The maximum Gasteiger partial charge on any atom is 0.223 e. The number of ether oxygens (including phenoxy) is 5. The first-order valence-corrected chi connectivity index (χ1v) is 16.3. The lowest BCUT2D eigenvalue weighted by atomic mass is 9.74. The van der Waals surface area contributed by atoms with Gasteiger partial charge in [-0.25, -0.2) is 0 Å². The van der Waals surface area contributed by atoms with Crippen molar-refractivity contribution >= 4 is 5.91 Å². The molecule has 0 aromatic rings. The minimum atomic E-state index is -1.79. The molecule has 0 radical (unpaired) electrons. The van der Waals surface area contributed by atoms with Gasteiger partial charge in [-0.3, -0.25) is 9.69 Å². The molecule has 3 aliphatic heterocycles. The average Bonchev–Trinajstić information content (AvgIpc) is 3.05. The highest BCUT2D eigenvalue weighted by molar-refractivity contribution is 5.76. The van der Waals surface area contributed by atoms with Crippen LogP contribution in [-0.2, 0) is 28.5 Å². The summed E-state index contributed by atoms with van der Waals surface area (Å²) < 4.78 is 29.4. The van der Waals surface area contributed by atoms with Gasteiger partial charge in [0.2, 0.25) is 5.91 Å². The van der Waals surface area contributed by atoms with E-state index in [1.807, 2.05) is 0 Å². The van der Waals surface area contributed by atoms with Crippen LogP contribution < -0.4 is 5.32 Å². The van der Waals surface area contributed by atoms with Crippen molar-refractivity contribution in [3.63, 3.8) is 0 Å². The van der Waals surface area contributed by atoms with Crippen molar-refractivity contribution in [2.24, 2.45) is 11.8 Å². The Labute approximate surface area is 279 Å². The number of aliphatic hydroxyl groups excluding tert-OH is 10. The van der Waals surface area contributed by atoms with Gasteiger partial charge in [0.1, 0.15) is 30.5 Å². The summed E-state index contributed by atoms with van der Waals surface area (Å²) in [5, 5.41) is 109. The van der Waals surface area contributed by atoms with Crippen LogP contribution in [0.2, 0.25) is 0 Å². The molecule has 3 rings (SSSR count). The summed E-state index contributed by atoms with van der Waals surface area (Å²) in [5.74, 6) is -2.85. The first-order chi connectivity index (χ1) is 22.4. The highest BCUT2D eigenvalue weighted by atomic mass is 16.7. The Morgan fingerprint density at radius 2 is 1.10 bits per heavy atom. The van der Waals surface area contributed by atoms with E-state index in [4.69, 9.17) is 23.7 Å². The molecule has 11 N–H and O–H groups in total. The Morgan fingerprint density at radius 1 is 0.667 bits per heavy atom. The fourth-order valence-electron chi connectivity index (χ4n) is 6.81. The number of carbonyl (C=O) groups excluding carboxylic acids is 1. The van der Waals surface area contributed by atoms with Gasteiger partial charge in [-0.2, -0.15) is 0 Å². The standard InChI is InChI=1S/C30H56N2O16/c1-7-29(3,17-14(10-33)44-26(43)23(40)20(17)37)47-27-24(41)21(38)18(15(11-34)46-27)30(4,8-2)48-28-25(42)22(39)19(36)13(45-28)9-16(35)31-12-32(5)6/h13-15,17-28,33-34,36-43H,7-12H2,1-6H3,(H,31,35)/t13?,14?,15?,17-,18-,19-,20?,21?,22?,23?,24?,25?,26-,27+,28+,29?,30?/m1/s1. The third-order valence-electron chi connectivity index (χ3n) is 10.0. The van der Waals surface area contributed by atoms with Crippen LogP contribution in [0, 0.1) is 11.8 Å². The molecule has 0 saturated carbocycles. The summed E-state index contributed by atoms with van der Waals surface area (Å²) in [5.41, 5.74) is -3.02. The van der Waals surface area contributed by atoms with Crippen molar-refractivity contribution in [3.8, 4) is 0 Å². The topological polar surface area (TPSA) is 281 Å². The lowest BCUT2D eigenvalue weighted by molar-refractivity contribution is -0.374. The molecule has 0 spiro atoms. The van der Waals surface area contributed by atoms with Gasteiger partial charge in [-0.1, -0.05) is 13.8 Å². The zero-order valence-corrected chi connectivity index (χ0v) is 28.3. The minimum Gasteiger partial charge on any atom is -0.394 e. The zero-order chi connectivity index (χ0) is 36.3. The number of hydrogen-bond acceptors (Lipinski definition) is 17. The molecule has 0 bridgehead atoms. The van der Waals surface area contributed by atoms with Gasteiger partial charge in [0, 0.05) is 11.8 Å². The van der Waals surface area contributed by atoms with Crippen LogP contribution in [0.25, 0.3) is 0 Å². The second-order valence-corrected chi connectivity index (χ2v) is 13.6. The molecule has 48 heavy (non-hydrogen) atoms. The number of hydrogen-bond donors (Lipinski definition) is 11. The molecule has 18 nitrogen and oxygen atoms in total. The lowest BCUT2D eigenvalue weighted by Crippen LogP contribution is -2.68. The molecule has 1 amide bonds. The maximum absolute atomic E-state index is 12.5. The Kier molecular flexibility index (Phi) is 14.5. The smallest absolute Gasteiger partial charge is 0.223 e. The van der Waals surface area contributed by atoms with E-state index in [9.17, 15) is 55.9 Å². The molecule has 3 aliphatic rings. The van der Waals surface area contributed by atoms with Crippen molar-refractivity contribution in [2.45, 2.75) is 138 Å². The Balaban J connectivity index is 1.83. The molecule has 17 atom stereocenters. The van der Waals surface area contributed by atoms with Crippen LogP contribution in [0.15, 0.2) is 0 Å². The lowest BCUT2D eigenvalue weighted by Gasteiger charge is -2.54. The van der Waals surface area contributed by atoms with Gasteiger partial charge in [-0.15, -0.1) is 0 Å². The van der Waals surface area contributed by atoms with Crippen LogP contribution in [0.1, 0.15) is 47.0 Å². The summed E-state index contributed by atoms with van der Waals surface area (Å²) in [7, 11) is 3.47. The van der Waals surface area contributed by atoms with E-state index < -0.39 is 122 Å². The van der Waals surface area contributed by atoms with Crippen molar-refractivity contribution in [2.75, 3.05) is 34.0 Å². The molecule has 0 aromatic heterocycles. The van der Waals surface area contributed by atoms with Crippen molar-refractivity contribution in [1.82, 2.24) is 10.2 Å². The van der Waals surface area contributed by atoms with Gasteiger partial charge in [0.05, 0.1) is 68.0 Å². The number of aliphatic hydroxyl groups is 10. The van der Waals surface area contributed by atoms with E-state index >= 15 is 0 Å². The van der Waals surface area contributed by atoms with E-state index in [1.54, 1.807) is 32.8 Å². The first-order valence-electron chi connectivity index (χ1n) is 16.3. The monoisotopic (exact) mass is 700 g/mol. The molecular formula is C30H56N2O16. The number of amides is 1. The van der Waals surface area contributed by atoms with Gasteiger partial charge >= 0.3 is 0 Å². The summed E-state index contributed by atoms with van der Waals surface area (Å²) in [6.45, 7) is 5.19. The first kappa shape index (κ1) is 41.3. The molecule has 282 valence electrons. The zero-order valence-electron chi connectivity index (χ0n) is 28.3. The predicted octanol–water partition coefficient (Wildman–Crippen LogP) is -4.71. The molecule has 3 fully saturated rings. The predicted molar refractivity (Wildman–Crippen MR) is 162 cm³/mol. The quantitative estimate of drug-likeness (QED) is 0.0759. The van der Waals surface area contributed by atoms with Crippen LogP contribution in [0.3, 0.4) is 0 Å². The second kappa shape index (κ2) is 16.9. The van der Waals surface area contributed by atoms with E-state index in [2.05, 4.69) is 5.32 Å². The average molecular weight is 701 g/mol. The molecule has 18 heteroatoms. The number of nitrogens with zero attached hydrogens (tertiary/aromatic N) is 1. The van der Waals surface area contributed by atoms with Crippen LogP contribution in [0.4, 0.5) is 0 Å². The van der Waals surface area contributed by atoms with E-state index in [1.165, 1.54) is 13.8 Å². The second-order valence-electron chi connectivity index (χ2n) is 13.6. The van der Waals surface area contributed by atoms with Gasteiger partial charge < -0.3 is 80.1 Å². The van der Waals surface area contributed by atoms with E-state index in [0.717, 1.165) is 0 Å². The Bertz CT molecular complexity index is 1030. The largest absolute Gasteiger partial charge is 0.394 e. The van der Waals surface area contributed by atoms with Crippen molar-refractivity contribution in [3.05, 3.63) is 0 Å². The van der Waals surface area contributed by atoms with Crippen molar-refractivity contribution < 1.29 is 79.5 Å². The third-order valence-corrected chi connectivity index (χ3v) is 10.0. The van der Waals surface area contributed by atoms with Crippen LogP contribution in [-0.4, -0.2) is 187 Å². The summed E-state index contributed by atoms with van der Waals surface area (Å²) in [6, 6.07) is 0. The Morgan fingerprint density at radius 3 is 1.56 bits per heavy atom. The summed E-state index contributed by atoms with van der Waals surface area (Å²) in [6.07, 6.45) is -21.0. The van der Waals surface area contributed by atoms with Gasteiger partial charge in [0.25, 0.3) is 0 Å². The fraction of sp³-hybridized carbons (Fsp3) is 0.967. The summed E-state index contributed by atoms with van der Waals surface area (Å²) >= 11 is 0. The van der Waals surface area contributed by atoms with Crippen LogP contribution in [0.5, 0.6) is 0 Å².